The predicted molar refractivity (Wildman–Crippen MR) is 126 cm³/mol. The number of rotatable bonds is 6. The van der Waals surface area contributed by atoms with Crippen molar-refractivity contribution >= 4 is 61.2 Å². The van der Waals surface area contributed by atoms with Crippen molar-refractivity contribution in [3.8, 4) is 0 Å². The Hall–Kier alpha value is -3.69. The minimum Gasteiger partial charge on any atom is -0.267 e. The first-order valence-corrected chi connectivity index (χ1v) is 10.9. The van der Waals surface area contributed by atoms with Crippen molar-refractivity contribution in [2.24, 2.45) is 5.10 Å². The summed E-state index contributed by atoms with van der Waals surface area (Å²) in [6.07, 6.45) is 4.57. The van der Waals surface area contributed by atoms with Crippen LogP contribution < -0.4 is 5.01 Å². The molecule has 0 N–H and O–H groups in total. The van der Waals surface area contributed by atoms with Gasteiger partial charge in [0.1, 0.15) is 0 Å². The number of hydrazone groups is 1. The van der Waals surface area contributed by atoms with Gasteiger partial charge in [0, 0.05) is 12.1 Å². The Morgan fingerprint density at radius 2 is 1.94 bits per heavy atom. The van der Waals surface area contributed by atoms with Gasteiger partial charge in [0.25, 0.3) is 5.91 Å². The van der Waals surface area contributed by atoms with E-state index in [2.05, 4.69) is 10.1 Å². The van der Waals surface area contributed by atoms with E-state index in [1.165, 1.54) is 34.7 Å². The summed E-state index contributed by atoms with van der Waals surface area (Å²) in [5.74, 6) is -0.373. The van der Waals surface area contributed by atoms with Gasteiger partial charge in [0.2, 0.25) is 5.13 Å². The molecule has 0 unspecified atom stereocenters. The van der Waals surface area contributed by atoms with Crippen molar-refractivity contribution in [1.82, 2.24) is 4.98 Å². The van der Waals surface area contributed by atoms with Crippen LogP contribution in [0.2, 0.25) is 0 Å². The standard InChI is InChI=1S/C22H16N4O3S2/c1-15-7-10-18-19(13-15)31-22(24-18)25(20(27)11-8-16-5-3-2-4-6-16)23-14-17-9-12-21(30-17)26(28)29/h2-14H,1H3/b11-8+,23-14+. The second-order valence-corrected chi connectivity index (χ2v) is 8.64. The van der Waals surface area contributed by atoms with E-state index >= 15 is 0 Å². The van der Waals surface area contributed by atoms with Crippen LogP contribution in [0.3, 0.4) is 0 Å². The Labute approximate surface area is 185 Å². The number of aromatic nitrogens is 1. The third-order valence-corrected chi connectivity index (χ3v) is 6.20. The van der Waals surface area contributed by atoms with Crippen LogP contribution in [-0.4, -0.2) is 22.0 Å². The molecule has 2 heterocycles. The second kappa shape index (κ2) is 8.99. The Morgan fingerprint density at radius 1 is 1.13 bits per heavy atom. The molecule has 0 spiro atoms. The molecule has 31 heavy (non-hydrogen) atoms. The highest BCUT2D eigenvalue weighted by Gasteiger charge is 2.18. The van der Waals surface area contributed by atoms with Gasteiger partial charge in [-0.05, 0) is 42.3 Å². The minimum atomic E-state index is -0.455. The molecule has 0 atom stereocenters. The largest absolute Gasteiger partial charge is 0.324 e. The van der Waals surface area contributed by atoms with E-state index in [0.29, 0.717) is 10.0 Å². The number of fused-ring (bicyclic) bond motifs is 1. The number of anilines is 1. The van der Waals surface area contributed by atoms with Crippen molar-refractivity contribution < 1.29 is 9.72 Å². The number of hydrogen-bond acceptors (Lipinski definition) is 7. The van der Waals surface area contributed by atoms with Crippen LogP contribution in [0, 0.1) is 17.0 Å². The van der Waals surface area contributed by atoms with Crippen LogP contribution in [0.5, 0.6) is 0 Å². The number of carbonyl (C=O) groups excluding carboxylic acids is 1. The first-order chi connectivity index (χ1) is 15.0. The fraction of sp³-hybridized carbons (Fsp3) is 0.0455. The summed E-state index contributed by atoms with van der Waals surface area (Å²) in [4.78, 5) is 28.6. The summed E-state index contributed by atoms with van der Waals surface area (Å²) in [7, 11) is 0. The van der Waals surface area contributed by atoms with E-state index in [-0.39, 0.29) is 10.9 Å². The monoisotopic (exact) mass is 448 g/mol. The lowest BCUT2D eigenvalue weighted by atomic mass is 10.2. The molecule has 0 saturated heterocycles. The highest BCUT2D eigenvalue weighted by molar-refractivity contribution is 7.22. The van der Waals surface area contributed by atoms with E-state index in [1.807, 2.05) is 55.5 Å². The van der Waals surface area contributed by atoms with Gasteiger partial charge in [0.15, 0.2) is 0 Å². The first-order valence-electron chi connectivity index (χ1n) is 9.22. The quantitative estimate of drug-likeness (QED) is 0.165. The van der Waals surface area contributed by atoms with Gasteiger partial charge < -0.3 is 0 Å². The molecule has 1 amide bonds. The Balaban J connectivity index is 1.67. The van der Waals surface area contributed by atoms with Gasteiger partial charge in [-0.3, -0.25) is 14.9 Å². The Kier molecular flexibility index (Phi) is 5.96. The van der Waals surface area contributed by atoms with Gasteiger partial charge in [-0.2, -0.15) is 10.1 Å². The van der Waals surface area contributed by atoms with Crippen molar-refractivity contribution in [1.29, 1.82) is 0 Å². The van der Waals surface area contributed by atoms with Crippen molar-refractivity contribution in [2.75, 3.05) is 5.01 Å². The molecule has 0 saturated carbocycles. The van der Waals surface area contributed by atoms with Crippen LogP contribution in [0.15, 0.2) is 71.8 Å². The maximum atomic E-state index is 13.0. The van der Waals surface area contributed by atoms with Gasteiger partial charge in [-0.15, -0.1) is 0 Å². The molecular formula is C22H16N4O3S2. The first kappa shape index (κ1) is 20.6. The fourth-order valence-corrected chi connectivity index (χ4v) is 4.45. The molecule has 4 aromatic rings. The SMILES string of the molecule is Cc1ccc2nc(N(/N=C/c3ccc([N+](=O)[O-])s3)C(=O)/C=C/c3ccccc3)sc2c1. The van der Waals surface area contributed by atoms with Crippen molar-refractivity contribution in [3.05, 3.63) is 92.9 Å². The molecule has 0 radical (unpaired) electrons. The molecule has 0 aliphatic heterocycles. The third kappa shape index (κ3) is 4.90. The predicted octanol–water partition coefficient (Wildman–Crippen LogP) is 5.65. The molecule has 9 heteroatoms. The number of nitro groups is 1. The Morgan fingerprint density at radius 3 is 2.68 bits per heavy atom. The zero-order valence-electron chi connectivity index (χ0n) is 16.3. The summed E-state index contributed by atoms with van der Waals surface area (Å²) in [5, 5.41) is 16.9. The zero-order valence-corrected chi connectivity index (χ0v) is 18.0. The zero-order chi connectivity index (χ0) is 21.8. The number of nitrogens with zero attached hydrogens (tertiary/aromatic N) is 4. The highest BCUT2D eigenvalue weighted by atomic mass is 32.1. The summed E-state index contributed by atoms with van der Waals surface area (Å²) < 4.78 is 0.946. The molecule has 0 fully saturated rings. The number of thiazole rings is 1. The van der Waals surface area contributed by atoms with Crippen LogP contribution in [0.25, 0.3) is 16.3 Å². The van der Waals surface area contributed by atoms with Crippen LogP contribution in [0.4, 0.5) is 10.1 Å². The van der Waals surface area contributed by atoms with E-state index < -0.39 is 4.92 Å². The lowest BCUT2D eigenvalue weighted by molar-refractivity contribution is -0.380. The van der Waals surface area contributed by atoms with E-state index in [9.17, 15) is 14.9 Å². The van der Waals surface area contributed by atoms with Gasteiger partial charge >= 0.3 is 5.00 Å². The second-order valence-electron chi connectivity index (χ2n) is 6.54. The van der Waals surface area contributed by atoms with Gasteiger partial charge in [-0.1, -0.05) is 59.1 Å². The average Bonchev–Trinajstić information content (AvgIpc) is 3.40. The Bertz CT molecular complexity index is 1310. The topological polar surface area (TPSA) is 88.7 Å². The number of carbonyl (C=O) groups is 1. The number of hydrogen-bond donors (Lipinski definition) is 0. The number of aryl methyl sites for hydroxylation is 1. The van der Waals surface area contributed by atoms with Crippen molar-refractivity contribution in [3.63, 3.8) is 0 Å². The van der Waals surface area contributed by atoms with E-state index in [1.54, 1.807) is 12.1 Å². The fourth-order valence-electron chi connectivity index (χ4n) is 2.74. The molecular weight excluding hydrogens is 432 g/mol. The summed E-state index contributed by atoms with van der Waals surface area (Å²) in [6, 6.07) is 18.3. The molecule has 0 aliphatic rings. The summed E-state index contributed by atoms with van der Waals surface area (Å²) >= 11 is 2.34. The number of benzene rings is 2. The van der Waals surface area contributed by atoms with Crippen LogP contribution in [0.1, 0.15) is 16.0 Å². The summed E-state index contributed by atoms with van der Waals surface area (Å²) in [6.45, 7) is 1.99. The van der Waals surface area contributed by atoms with Gasteiger partial charge in [-0.25, -0.2) is 4.98 Å². The smallest absolute Gasteiger partial charge is 0.267 e. The van der Waals surface area contributed by atoms with E-state index in [0.717, 1.165) is 32.7 Å². The molecule has 0 bridgehead atoms. The van der Waals surface area contributed by atoms with Gasteiger partial charge in [0.05, 0.1) is 26.2 Å². The summed E-state index contributed by atoms with van der Waals surface area (Å²) in [5.41, 5.74) is 2.75. The molecule has 4 rings (SSSR count). The van der Waals surface area contributed by atoms with Crippen LogP contribution in [-0.2, 0) is 4.79 Å². The van der Waals surface area contributed by atoms with E-state index in [4.69, 9.17) is 0 Å². The molecule has 2 aromatic heterocycles. The normalized spacial score (nSPS) is 11.5. The average molecular weight is 449 g/mol. The maximum absolute atomic E-state index is 13.0. The highest BCUT2D eigenvalue weighted by Crippen LogP contribution is 2.30. The molecule has 2 aromatic carbocycles. The van der Waals surface area contributed by atoms with Crippen molar-refractivity contribution in [2.45, 2.75) is 6.92 Å². The molecule has 154 valence electrons. The lowest BCUT2D eigenvalue weighted by Crippen LogP contribution is -2.23. The molecule has 0 aliphatic carbocycles. The lowest BCUT2D eigenvalue weighted by Gasteiger charge is -2.10. The maximum Gasteiger partial charge on any atom is 0.324 e. The third-order valence-electron chi connectivity index (χ3n) is 4.23. The molecule has 7 nitrogen and oxygen atoms in total. The number of amides is 1. The minimum absolute atomic E-state index is 0.0127. The van der Waals surface area contributed by atoms with Crippen LogP contribution >= 0.6 is 22.7 Å². The number of thiophene rings is 1.